The minimum atomic E-state index is -0.335. The summed E-state index contributed by atoms with van der Waals surface area (Å²) in [5.41, 5.74) is 17.7. The number of fused-ring (bicyclic) bond motifs is 2. The first-order chi connectivity index (χ1) is 37.8. The van der Waals surface area contributed by atoms with Crippen LogP contribution in [0.15, 0.2) is 146 Å². The fourth-order valence-corrected chi connectivity index (χ4v) is 10.8. The zero-order valence-corrected chi connectivity index (χ0v) is 53.5. The molecule has 0 aliphatic rings. The number of aromatic nitrogens is 8. The molecular weight excluding hydrogens is 1370 g/mol. The summed E-state index contributed by atoms with van der Waals surface area (Å²) in [6.45, 7) is 30.1. The van der Waals surface area contributed by atoms with E-state index in [9.17, 15) is 10.2 Å². The predicted molar refractivity (Wildman–Crippen MR) is 325 cm³/mol. The molecule has 0 aliphatic heterocycles. The van der Waals surface area contributed by atoms with Crippen molar-refractivity contribution in [2.45, 2.75) is 119 Å². The number of pyridine rings is 2. The Labute approximate surface area is 510 Å². The largest absolute Gasteiger partial charge is 0.507 e. The molecule has 0 saturated heterocycles. The maximum absolute atomic E-state index is 12.2. The van der Waals surface area contributed by atoms with Gasteiger partial charge in [-0.05, 0) is 81.3 Å². The van der Waals surface area contributed by atoms with Crippen LogP contribution in [0.5, 0.6) is 11.5 Å². The predicted octanol–water partition coefficient (Wildman–Crippen LogP) is 16.8. The van der Waals surface area contributed by atoms with Gasteiger partial charge in [-0.25, -0.2) is 9.97 Å². The molecule has 0 amide bonds. The van der Waals surface area contributed by atoms with E-state index in [-0.39, 0.29) is 75.3 Å². The van der Waals surface area contributed by atoms with E-state index in [0.29, 0.717) is 34.2 Å². The topological polar surface area (TPSA) is 128 Å². The van der Waals surface area contributed by atoms with Crippen LogP contribution in [0.25, 0.3) is 101 Å². The first-order valence-corrected chi connectivity index (χ1v) is 27.4. The number of phenolic OH excluding ortho intramolecular Hbond substituents is 2. The van der Waals surface area contributed by atoms with E-state index in [1.165, 1.54) is 0 Å². The van der Waals surface area contributed by atoms with Gasteiger partial charge in [0.2, 0.25) is 0 Å². The Bertz CT molecular complexity index is 3950. The van der Waals surface area contributed by atoms with Crippen molar-refractivity contribution in [3.63, 3.8) is 0 Å². The van der Waals surface area contributed by atoms with Crippen LogP contribution in [-0.4, -0.2) is 49.3 Å². The van der Waals surface area contributed by atoms with E-state index in [1.807, 2.05) is 54.9 Å². The number of aromatic hydroxyl groups is 2. The van der Waals surface area contributed by atoms with Gasteiger partial charge in [0, 0.05) is 77.0 Å². The molecule has 10 nitrogen and oxygen atoms in total. The third kappa shape index (κ3) is 11.2. The van der Waals surface area contributed by atoms with Crippen LogP contribution in [0.4, 0.5) is 0 Å². The number of hydrogen-bond donors (Lipinski definition) is 2. The quantitative estimate of drug-likeness (QED) is 0.144. The van der Waals surface area contributed by atoms with Crippen LogP contribution in [0.1, 0.15) is 116 Å². The SMILES string of the molecule is Cc1cc(-c2cc(-c3[c-]c(-c4cccc5c4nc(-c4cc(C(C)(C)C)cc(C(C)(C)C)c4O)n5-c4cccnc4)cc(C)c3)ncn2)[c-]c(-c2cccc3c2nc(-c2cc(C(C)(C)C)cc(C(C)(C)C)c2O)n3-c2cccnc2)c1.[Pt].[Pt]. The van der Waals surface area contributed by atoms with Crippen LogP contribution in [0.2, 0.25) is 0 Å². The molecule has 5 aromatic heterocycles. The third-order valence-corrected chi connectivity index (χ3v) is 15.1. The number of para-hydroxylation sites is 2. The van der Waals surface area contributed by atoms with E-state index >= 15 is 0 Å². The summed E-state index contributed by atoms with van der Waals surface area (Å²) in [4.78, 5) is 29.7. The summed E-state index contributed by atoms with van der Waals surface area (Å²) in [6.07, 6.45) is 8.80. The molecule has 11 rings (SSSR count). The standard InChI is InChI=1S/C70H68N8O2.2Pt/c1-41-27-43(51-21-15-23-59-61(51)75-65(77(59)49-19-17-25-71-38-49)53-33-47(67(3,4)5)35-55(63(53)79)69(9,10)11)31-45(29-41)57-37-58(74-40-73-57)46-30-42(2)28-44(32-46)52-22-16-24-60-62(52)76-66(78(60)50-20-18-26-72-39-50)54-34-48(68(6,7)8)36-56(64(54)80)70(12,13)14;;/h15-30,33-40,79-80H,1-14H3;;/q-2;;. The minimum absolute atomic E-state index is 0. The van der Waals surface area contributed by atoms with Crippen molar-refractivity contribution in [2.75, 3.05) is 0 Å². The Morgan fingerprint density at radius 3 is 1.17 bits per heavy atom. The molecule has 82 heavy (non-hydrogen) atoms. The number of aryl methyl sites for hydroxylation is 2. The van der Waals surface area contributed by atoms with E-state index in [1.54, 1.807) is 18.7 Å². The summed E-state index contributed by atoms with van der Waals surface area (Å²) < 4.78 is 4.20. The third-order valence-electron chi connectivity index (χ3n) is 15.1. The smallest absolute Gasteiger partial charge is 0.148 e. The Morgan fingerprint density at radius 2 is 0.817 bits per heavy atom. The molecule has 2 N–H and O–H groups in total. The molecule has 0 unspecified atom stereocenters. The summed E-state index contributed by atoms with van der Waals surface area (Å²) in [7, 11) is 0. The first-order valence-electron chi connectivity index (χ1n) is 27.4. The maximum Gasteiger partial charge on any atom is 0.148 e. The molecule has 5 heterocycles. The normalized spacial score (nSPS) is 12.2. The second-order valence-electron chi connectivity index (χ2n) is 25.4. The van der Waals surface area contributed by atoms with E-state index in [0.717, 1.165) is 100 Å². The van der Waals surface area contributed by atoms with Crippen molar-refractivity contribution in [1.29, 1.82) is 0 Å². The molecule has 0 saturated carbocycles. The number of hydrogen-bond acceptors (Lipinski definition) is 8. The van der Waals surface area contributed by atoms with E-state index in [4.69, 9.17) is 19.9 Å². The summed E-state index contributed by atoms with van der Waals surface area (Å²) in [6, 6.07) is 46.7. The van der Waals surface area contributed by atoms with Crippen molar-refractivity contribution >= 4 is 22.1 Å². The van der Waals surface area contributed by atoms with Gasteiger partial charge < -0.3 is 10.2 Å². The fourth-order valence-electron chi connectivity index (χ4n) is 10.8. The summed E-state index contributed by atoms with van der Waals surface area (Å²) in [5.74, 6) is 1.67. The summed E-state index contributed by atoms with van der Waals surface area (Å²) >= 11 is 0. The van der Waals surface area contributed by atoms with Gasteiger partial charge in [-0.15, -0.1) is 58.7 Å². The van der Waals surface area contributed by atoms with Crippen LogP contribution in [0, 0.1) is 26.0 Å². The fraction of sp³-hybridized carbons (Fsp3) is 0.257. The van der Waals surface area contributed by atoms with Crippen LogP contribution >= 0.6 is 0 Å². The second kappa shape index (κ2) is 22.1. The van der Waals surface area contributed by atoms with Crippen LogP contribution < -0.4 is 0 Å². The Balaban J connectivity index is 0.00000405. The summed E-state index contributed by atoms with van der Waals surface area (Å²) in [5, 5.41) is 24.5. The number of benzene rings is 6. The van der Waals surface area contributed by atoms with Crippen molar-refractivity contribution in [1.82, 2.24) is 39.0 Å². The zero-order valence-electron chi connectivity index (χ0n) is 49.0. The van der Waals surface area contributed by atoms with Gasteiger partial charge >= 0.3 is 0 Å². The van der Waals surface area contributed by atoms with Gasteiger partial charge in [0.1, 0.15) is 23.1 Å². The maximum atomic E-state index is 12.2. The monoisotopic (exact) mass is 1440 g/mol. The molecule has 12 heteroatoms. The number of phenols is 2. The molecule has 0 radical (unpaired) electrons. The molecule has 0 aliphatic carbocycles. The van der Waals surface area contributed by atoms with Crippen molar-refractivity contribution < 1.29 is 52.3 Å². The van der Waals surface area contributed by atoms with Crippen molar-refractivity contribution in [3.8, 4) is 90.4 Å². The van der Waals surface area contributed by atoms with Gasteiger partial charge in [0.05, 0.1) is 63.3 Å². The Hall–Kier alpha value is -7.38. The number of imidazole rings is 2. The molecule has 0 bridgehead atoms. The average molecular weight is 1440 g/mol. The van der Waals surface area contributed by atoms with Gasteiger partial charge in [-0.2, -0.15) is 0 Å². The zero-order chi connectivity index (χ0) is 56.8. The molecule has 6 aromatic carbocycles. The molecule has 422 valence electrons. The minimum Gasteiger partial charge on any atom is -0.507 e. The molecular formula is C70H68N8O2Pt2-2. The van der Waals surface area contributed by atoms with Crippen LogP contribution in [-0.2, 0) is 63.8 Å². The number of nitrogens with zero attached hydrogens (tertiary/aromatic N) is 8. The van der Waals surface area contributed by atoms with Gasteiger partial charge in [0.15, 0.2) is 0 Å². The van der Waals surface area contributed by atoms with Gasteiger partial charge in [-0.3, -0.25) is 29.1 Å². The Kier molecular flexibility index (Phi) is 15.9. The molecule has 0 fully saturated rings. The average Bonchev–Trinajstić information content (AvgIpc) is 4.05. The van der Waals surface area contributed by atoms with E-state index < -0.39 is 0 Å². The van der Waals surface area contributed by atoms with Crippen molar-refractivity contribution in [3.05, 3.63) is 192 Å². The molecule has 11 aromatic rings. The Morgan fingerprint density at radius 1 is 0.427 bits per heavy atom. The van der Waals surface area contributed by atoms with Gasteiger partial charge in [0.25, 0.3) is 0 Å². The van der Waals surface area contributed by atoms with Gasteiger partial charge in [-0.1, -0.05) is 162 Å². The molecule has 0 spiro atoms. The first kappa shape index (κ1) is 59.2. The second-order valence-corrected chi connectivity index (χ2v) is 25.4. The van der Waals surface area contributed by atoms with Crippen LogP contribution in [0.3, 0.4) is 0 Å². The van der Waals surface area contributed by atoms with E-state index in [2.05, 4.69) is 201 Å². The molecule has 0 atom stereocenters. The number of rotatable bonds is 8. The van der Waals surface area contributed by atoms with Crippen molar-refractivity contribution in [2.24, 2.45) is 0 Å².